The Bertz CT molecular complexity index is 1110. The van der Waals surface area contributed by atoms with E-state index in [9.17, 15) is 30.7 Å². The normalized spacial score (nSPS) is 12.2. The van der Waals surface area contributed by atoms with Crippen molar-refractivity contribution in [1.29, 1.82) is 0 Å². The van der Waals surface area contributed by atoms with Crippen molar-refractivity contribution in [3.05, 3.63) is 71.3 Å². The minimum Gasteiger partial charge on any atom is -0.481 e. The van der Waals surface area contributed by atoms with Crippen molar-refractivity contribution in [2.45, 2.75) is 44.9 Å². The zero-order chi connectivity index (χ0) is 24.2. The minimum absolute atomic E-state index is 0.0897. The van der Waals surface area contributed by atoms with Gasteiger partial charge in [0.1, 0.15) is 11.6 Å². The lowest BCUT2D eigenvalue weighted by molar-refractivity contribution is -0.187. The van der Waals surface area contributed by atoms with Crippen LogP contribution >= 0.6 is 0 Å². The van der Waals surface area contributed by atoms with Crippen LogP contribution in [-0.4, -0.2) is 12.8 Å². The fourth-order valence-electron chi connectivity index (χ4n) is 3.32. The molecule has 0 radical (unpaired) electrons. The number of ether oxygens (including phenoxy) is 2. The van der Waals surface area contributed by atoms with Gasteiger partial charge in [-0.05, 0) is 60.2 Å². The van der Waals surface area contributed by atoms with Crippen molar-refractivity contribution in [3.8, 4) is 11.5 Å². The zero-order valence-electron chi connectivity index (χ0n) is 17.6. The lowest BCUT2D eigenvalue weighted by Gasteiger charge is -2.20. The van der Waals surface area contributed by atoms with Crippen LogP contribution < -0.4 is 9.47 Å². The van der Waals surface area contributed by atoms with E-state index in [0.29, 0.717) is 12.0 Å². The van der Waals surface area contributed by atoms with Crippen LogP contribution in [0.4, 0.5) is 30.7 Å². The number of rotatable bonds is 9. The monoisotopic (exact) mass is 474 g/mol. The highest BCUT2D eigenvalue weighted by atomic mass is 19.4. The summed E-state index contributed by atoms with van der Waals surface area (Å²) in [4.78, 5) is 0. The maximum atomic E-state index is 14.6. The molecule has 178 valence electrons. The van der Waals surface area contributed by atoms with E-state index in [1.165, 1.54) is 12.1 Å². The summed E-state index contributed by atoms with van der Waals surface area (Å²) in [6.07, 6.45) is -5.34. The standard InChI is InChI=1S/C24H21F7O2/c1-2-3-4-5-15-6-10-19(20(25)12-15)24(30,31)33-17-8-9-18-16(13-17)7-11-21(22(18)26)32-14-23(27,28)29/h6-13H,2-5,14H2,1H3. The second-order valence-corrected chi connectivity index (χ2v) is 7.55. The average Bonchev–Trinajstić information content (AvgIpc) is 2.72. The summed E-state index contributed by atoms with van der Waals surface area (Å²) in [5, 5.41) is -0.0557. The number of aryl methyl sites for hydroxylation is 1. The van der Waals surface area contributed by atoms with Crippen LogP contribution in [0, 0.1) is 11.6 Å². The van der Waals surface area contributed by atoms with Crippen LogP contribution in [0.1, 0.15) is 37.3 Å². The van der Waals surface area contributed by atoms with Crippen LogP contribution in [-0.2, 0) is 12.5 Å². The van der Waals surface area contributed by atoms with E-state index in [1.807, 2.05) is 6.92 Å². The molecule has 0 spiro atoms. The first-order chi connectivity index (χ1) is 15.5. The van der Waals surface area contributed by atoms with E-state index in [2.05, 4.69) is 4.74 Å². The Morgan fingerprint density at radius 1 is 0.848 bits per heavy atom. The van der Waals surface area contributed by atoms with E-state index >= 15 is 0 Å². The van der Waals surface area contributed by atoms with Crippen molar-refractivity contribution >= 4 is 10.8 Å². The molecule has 0 bridgehead atoms. The SMILES string of the molecule is CCCCCc1ccc(C(F)(F)Oc2ccc3c(F)c(OCC(F)(F)F)ccc3c2)c(F)c1. The fourth-order valence-corrected chi connectivity index (χ4v) is 3.32. The van der Waals surface area contributed by atoms with E-state index in [0.717, 1.165) is 55.7 Å². The molecule has 0 saturated heterocycles. The Hall–Kier alpha value is -2.97. The molecule has 0 aliphatic heterocycles. The topological polar surface area (TPSA) is 18.5 Å². The number of hydrogen-bond acceptors (Lipinski definition) is 2. The fraction of sp³-hybridized carbons (Fsp3) is 0.333. The number of alkyl halides is 5. The summed E-state index contributed by atoms with van der Waals surface area (Å²) in [7, 11) is 0. The second-order valence-electron chi connectivity index (χ2n) is 7.55. The number of fused-ring (bicyclic) bond motifs is 1. The molecule has 0 aliphatic carbocycles. The van der Waals surface area contributed by atoms with Gasteiger partial charge in [0.15, 0.2) is 18.2 Å². The van der Waals surface area contributed by atoms with E-state index in [1.54, 1.807) is 0 Å². The Morgan fingerprint density at radius 3 is 2.27 bits per heavy atom. The summed E-state index contributed by atoms with van der Waals surface area (Å²) in [5.41, 5.74) is -0.339. The van der Waals surface area contributed by atoms with Crippen molar-refractivity contribution in [1.82, 2.24) is 0 Å². The summed E-state index contributed by atoms with van der Waals surface area (Å²) in [6.45, 7) is 0.342. The highest BCUT2D eigenvalue weighted by Gasteiger charge is 2.38. The van der Waals surface area contributed by atoms with Gasteiger partial charge in [0, 0.05) is 5.39 Å². The first-order valence-corrected chi connectivity index (χ1v) is 10.3. The van der Waals surface area contributed by atoms with Gasteiger partial charge in [0.05, 0.1) is 5.56 Å². The van der Waals surface area contributed by atoms with Crippen LogP contribution in [0.3, 0.4) is 0 Å². The molecule has 0 heterocycles. The Balaban J connectivity index is 1.79. The van der Waals surface area contributed by atoms with Crippen LogP contribution in [0.15, 0.2) is 48.5 Å². The number of unbranched alkanes of at least 4 members (excludes halogenated alkanes) is 2. The summed E-state index contributed by atoms with van der Waals surface area (Å²) in [5.74, 6) is -3.17. The number of hydrogen-bond donors (Lipinski definition) is 0. The van der Waals surface area contributed by atoms with Gasteiger partial charge in [-0.2, -0.15) is 22.0 Å². The first kappa shape index (κ1) is 24.7. The molecule has 33 heavy (non-hydrogen) atoms. The molecule has 0 fully saturated rings. The van der Waals surface area contributed by atoms with Gasteiger partial charge in [-0.1, -0.05) is 31.9 Å². The van der Waals surface area contributed by atoms with Crippen LogP contribution in [0.25, 0.3) is 10.8 Å². The summed E-state index contributed by atoms with van der Waals surface area (Å²) < 4.78 is 104. The molecule has 0 amide bonds. The van der Waals surface area contributed by atoms with Gasteiger partial charge >= 0.3 is 12.3 Å². The van der Waals surface area contributed by atoms with Crippen LogP contribution in [0.5, 0.6) is 11.5 Å². The van der Waals surface area contributed by atoms with Crippen molar-refractivity contribution in [2.75, 3.05) is 6.61 Å². The lowest BCUT2D eigenvalue weighted by Crippen LogP contribution is -2.23. The molecule has 3 aromatic carbocycles. The van der Waals surface area contributed by atoms with E-state index in [-0.39, 0.29) is 16.5 Å². The molecule has 0 aromatic heterocycles. The van der Waals surface area contributed by atoms with Gasteiger partial charge in [-0.25, -0.2) is 8.78 Å². The van der Waals surface area contributed by atoms with Gasteiger partial charge in [-0.15, -0.1) is 0 Å². The number of benzene rings is 3. The maximum Gasteiger partial charge on any atom is 0.429 e. The molecule has 0 atom stereocenters. The van der Waals surface area contributed by atoms with E-state index < -0.39 is 41.8 Å². The third-order valence-electron chi connectivity index (χ3n) is 4.94. The lowest BCUT2D eigenvalue weighted by atomic mass is 10.0. The highest BCUT2D eigenvalue weighted by molar-refractivity contribution is 5.86. The average molecular weight is 474 g/mol. The molecule has 9 heteroatoms. The molecule has 3 aromatic rings. The molecule has 2 nitrogen and oxygen atoms in total. The third kappa shape index (κ3) is 6.30. The smallest absolute Gasteiger partial charge is 0.429 e. The van der Waals surface area contributed by atoms with Crippen molar-refractivity contribution in [3.63, 3.8) is 0 Å². The first-order valence-electron chi connectivity index (χ1n) is 10.3. The van der Waals surface area contributed by atoms with Gasteiger partial charge in [-0.3, -0.25) is 0 Å². The molecule has 3 rings (SSSR count). The molecule has 0 saturated carbocycles. The van der Waals surface area contributed by atoms with Gasteiger partial charge < -0.3 is 9.47 Å². The highest BCUT2D eigenvalue weighted by Crippen LogP contribution is 2.36. The van der Waals surface area contributed by atoms with Gasteiger partial charge in [0.2, 0.25) is 0 Å². The van der Waals surface area contributed by atoms with Gasteiger partial charge in [0.25, 0.3) is 0 Å². The summed E-state index contributed by atoms with van der Waals surface area (Å²) >= 11 is 0. The molecule has 0 unspecified atom stereocenters. The van der Waals surface area contributed by atoms with Crippen molar-refractivity contribution < 1.29 is 40.2 Å². The third-order valence-corrected chi connectivity index (χ3v) is 4.94. The van der Waals surface area contributed by atoms with E-state index in [4.69, 9.17) is 4.74 Å². The van der Waals surface area contributed by atoms with Crippen molar-refractivity contribution in [2.24, 2.45) is 0 Å². The largest absolute Gasteiger partial charge is 0.481 e. The second kappa shape index (κ2) is 9.89. The Morgan fingerprint density at radius 2 is 1.61 bits per heavy atom. The quantitative estimate of drug-likeness (QED) is 0.232. The maximum absolute atomic E-state index is 14.6. The molecular formula is C24H21F7O2. The number of halogens is 7. The summed E-state index contributed by atoms with van der Waals surface area (Å²) in [6, 6.07) is 8.79. The molecular weight excluding hydrogens is 453 g/mol. The molecule has 0 N–H and O–H groups in total. The minimum atomic E-state index is -4.65. The zero-order valence-corrected chi connectivity index (χ0v) is 17.6. The van der Waals surface area contributed by atoms with Crippen LogP contribution in [0.2, 0.25) is 0 Å². The predicted octanol–water partition coefficient (Wildman–Crippen LogP) is 7.92. The Labute approximate surface area is 185 Å². The predicted molar refractivity (Wildman–Crippen MR) is 110 cm³/mol. The Kier molecular flexibility index (Phi) is 7.39. The molecule has 0 aliphatic rings.